The van der Waals surface area contributed by atoms with Crippen molar-refractivity contribution < 1.29 is 47.9 Å². The van der Waals surface area contributed by atoms with Crippen LogP contribution in [0, 0.1) is 0 Å². The number of carbonyl (C=O) groups excluding carboxylic acids is 10. The van der Waals surface area contributed by atoms with Crippen LogP contribution in [0.15, 0.2) is 70.8 Å². The summed E-state index contributed by atoms with van der Waals surface area (Å²) in [5.74, 6) is -8.36. The lowest BCUT2D eigenvalue weighted by Gasteiger charge is -2.28. The van der Waals surface area contributed by atoms with Gasteiger partial charge in [-0.1, -0.05) is 48.5 Å². The predicted octanol–water partition coefficient (Wildman–Crippen LogP) is -3.39. The van der Waals surface area contributed by atoms with Gasteiger partial charge in [0.15, 0.2) is 11.9 Å². The van der Waals surface area contributed by atoms with Crippen LogP contribution in [0.4, 0.5) is 0 Å². The van der Waals surface area contributed by atoms with E-state index in [0.29, 0.717) is 37.1 Å². The molecule has 2 aromatic carbocycles. The normalized spacial score (nSPS) is 13.5. The first kappa shape index (κ1) is 67.8. The van der Waals surface area contributed by atoms with Gasteiger partial charge < -0.3 is 87.7 Å². The van der Waals surface area contributed by atoms with Crippen molar-refractivity contribution in [1.82, 2.24) is 47.5 Å². The molecule has 3 rings (SSSR count). The fourth-order valence-corrected chi connectivity index (χ4v) is 8.97. The van der Waals surface area contributed by atoms with E-state index in [0.717, 1.165) is 16.5 Å². The highest BCUT2D eigenvalue weighted by molar-refractivity contribution is 7.98. The number of amides is 10. The summed E-state index contributed by atoms with van der Waals surface area (Å²) in [4.78, 5) is 147. The van der Waals surface area contributed by atoms with Gasteiger partial charge in [-0.05, 0) is 100.0 Å². The molecule has 0 bridgehead atoms. The minimum absolute atomic E-state index is 0.00751. The molecule has 0 aliphatic heterocycles. The average Bonchev–Trinajstić information content (AvgIpc) is 3.86. The number of para-hydroxylation sites is 1. The third-order valence-corrected chi connectivity index (χ3v) is 13.5. The highest BCUT2D eigenvalue weighted by atomic mass is 32.2. The van der Waals surface area contributed by atoms with E-state index < -0.39 is 121 Å². The van der Waals surface area contributed by atoms with E-state index in [1.807, 2.05) is 24.3 Å². The van der Waals surface area contributed by atoms with Crippen molar-refractivity contribution in [3.63, 3.8) is 0 Å². The van der Waals surface area contributed by atoms with E-state index in [4.69, 9.17) is 40.1 Å². The topological polar surface area (TPSA) is 490 Å². The zero-order chi connectivity index (χ0) is 60.6. The predicted molar refractivity (Wildman–Crippen MR) is 312 cm³/mol. The van der Waals surface area contributed by atoms with Gasteiger partial charge in [-0.15, -0.1) is 0 Å². The van der Waals surface area contributed by atoms with Gasteiger partial charge in [0.05, 0.1) is 6.42 Å². The molecule has 0 fully saturated rings. The summed E-state index contributed by atoms with van der Waals surface area (Å²) in [6.45, 7) is 0.371. The number of benzene rings is 2. The van der Waals surface area contributed by atoms with E-state index in [-0.39, 0.29) is 76.4 Å². The van der Waals surface area contributed by atoms with E-state index in [1.54, 1.807) is 42.8 Å². The molecule has 1 heterocycles. The molecule has 1 aromatic heterocycles. The average molecular weight is 1160 g/mol. The van der Waals surface area contributed by atoms with Crippen LogP contribution in [-0.4, -0.2) is 157 Å². The molecule has 10 amide bonds. The van der Waals surface area contributed by atoms with E-state index in [1.165, 1.54) is 18.8 Å². The maximum absolute atomic E-state index is 14.4. The molecule has 0 spiro atoms. The number of aromatic amines is 1. The van der Waals surface area contributed by atoms with Crippen molar-refractivity contribution in [2.24, 2.45) is 50.1 Å². The summed E-state index contributed by atoms with van der Waals surface area (Å²) in [5.41, 5.74) is 41.3. The molecule has 82 heavy (non-hydrogen) atoms. The summed E-state index contributed by atoms with van der Waals surface area (Å²) < 4.78 is 0. The van der Waals surface area contributed by atoms with Crippen LogP contribution in [0.3, 0.4) is 0 Å². The molecule has 0 aliphatic rings. The molecule has 23 N–H and O–H groups in total. The Balaban J connectivity index is 1.93. The van der Waals surface area contributed by atoms with Crippen LogP contribution in [0.1, 0.15) is 88.2 Å². The minimum atomic E-state index is -1.81. The van der Waals surface area contributed by atoms with Crippen molar-refractivity contribution in [2.45, 2.75) is 132 Å². The maximum Gasteiger partial charge on any atom is 0.243 e. The lowest BCUT2D eigenvalue weighted by Crippen LogP contribution is -2.60. The van der Waals surface area contributed by atoms with E-state index in [2.05, 4.69) is 57.5 Å². The largest absolute Gasteiger partial charge is 0.370 e. The Kier molecular flexibility index (Phi) is 30.4. The number of aromatic nitrogens is 1. The third kappa shape index (κ3) is 25.3. The van der Waals surface area contributed by atoms with Gasteiger partial charge in [0, 0.05) is 56.5 Å². The van der Waals surface area contributed by atoms with Gasteiger partial charge in [0.25, 0.3) is 0 Å². The Morgan fingerprint density at radius 3 is 1.51 bits per heavy atom. The quantitative estimate of drug-likeness (QED) is 0.0151. The lowest BCUT2D eigenvalue weighted by atomic mass is 10.0. The second-order valence-corrected chi connectivity index (χ2v) is 20.3. The second-order valence-electron chi connectivity index (χ2n) is 19.3. The molecule has 0 radical (unpaired) electrons. The Morgan fingerprint density at radius 1 is 0.524 bits per heavy atom. The first-order valence-corrected chi connectivity index (χ1v) is 28.3. The lowest BCUT2D eigenvalue weighted by molar-refractivity contribution is -0.136. The first-order valence-electron chi connectivity index (χ1n) is 26.9. The number of hydrogen-bond donors (Lipinski definition) is 16. The molecule has 3 aromatic rings. The number of H-pyrrole nitrogens is 1. The van der Waals surface area contributed by atoms with Crippen molar-refractivity contribution in [3.05, 3.63) is 71.9 Å². The van der Waals surface area contributed by atoms with Crippen LogP contribution >= 0.6 is 11.8 Å². The van der Waals surface area contributed by atoms with Gasteiger partial charge in [-0.3, -0.25) is 57.9 Å². The SMILES string of the molecule is CNC(=O)C(CCCCN)NC(=O)C(CCSC)NC(=O)C(CCCN=C(N)N)NC(=O)C(CCCN=C(N)N)NC(=O)C(CC(N)=O)NC(=O)C(CCC(N)=O)NC(=O)C(Cc1ccccc1)NC(=O)CCc1c[nH]c2ccccc12. The zero-order valence-corrected chi connectivity index (χ0v) is 47.3. The fourth-order valence-electron chi connectivity index (χ4n) is 8.50. The number of aryl methyl sites for hydroxylation is 1. The number of nitrogens with zero attached hydrogens (tertiary/aromatic N) is 2. The number of carbonyl (C=O) groups is 10. The van der Waals surface area contributed by atoms with Crippen LogP contribution < -0.4 is 82.7 Å². The molecule has 7 unspecified atom stereocenters. The summed E-state index contributed by atoms with van der Waals surface area (Å²) in [6, 6.07) is 6.62. The monoisotopic (exact) mass is 1160 g/mol. The summed E-state index contributed by atoms with van der Waals surface area (Å²) in [5, 5.41) is 21.8. The highest BCUT2D eigenvalue weighted by Gasteiger charge is 2.35. The van der Waals surface area contributed by atoms with Crippen LogP contribution in [0.2, 0.25) is 0 Å². The number of unbranched alkanes of at least 4 members (excludes halogenated alkanes) is 1. The number of fused-ring (bicyclic) bond motifs is 1. The Morgan fingerprint density at radius 2 is 1.00 bits per heavy atom. The van der Waals surface area contributed by atoms with Crippen molar-refractivity contribution in [3.8, 4) is 0 Å². The zero-order valence-electron chi connectivity index (χ0n) is 46.5. The standard InChI is InChI=1S/C53H82N18O10S/c1-61-45(75)35(16-8-9-24-54)66-49(79)39(23-27-82-2)70-47(77)36(17-10-25-62-52(57)58)67-46(76)37(18-11-26-63-53(59)60)68-51(81)41(29-43(56)73)71-48(78)38(20-21-42(55)72)69-50(80)40(28-31-12-4-3-5-13-31)65-44(74)22-19-32-30-64-34-15-7-6-14-33(32)34/h3-7,12-15,30,35-41,64H,8-11,16-29,54H2,1-2H3,(H2,55,72)(H2,56,73)(H,61,75)(H,65,74)(H,66,79)(H,67,76)(H,68,81)(H,69,80)(H,70,77)(H,71,78)(H4,57,58,62)(H4,59,60,63). The van der Waals surface area contributed by atoms with Crippen molar-refractivity contribution >= 4 is 93.7 Å². The number of aliphatic imine (C=N–C) groups is 2. The van der Waals surface area contributed by atoms with Crippen LogP contribution in [-0.2, 0) is 60.8 Å². The summed E-state index contributed by atoms with van der Waals surface area (Å²) >= 11 is 1.40. The molecule has 29 heteroatoms. The molecular weight excluding hydrogens is 1080 g/mol. The summed E-state index contributed by atoms with van der Waals surface area (Å²) in [6.07, 6.45) is 3.67. The number of primary amides is 2. The van der Waals surface area contributed by atoms with Gasteiger partial charge in [-0.25, -0.2) is 0 Å². The van der Waals surface area contributed by atoms with Crippen LogP contribution in [0.25, 0.3) is 10.9 Å². The van der Waals surface area contributed by atoms with Gasteiger partial charge >= 0.3 is 0 Å². The number of hydrogen-bond acceptors (Lipinski definition) is 14. The molecule has 450 valence electrons. The number of nitrogens with one attached hydrogen (secondary N) is 9. The molecular formula is C53H82N18O10S. The molecule has 0 aliphatic carbocycles. The molecule has 28 nitrogen and oxygen atoms in total. The number of thioether (sulfide) groups is 1. The van der Waals surface area contributed by atoms with E-state index >= 15 is 0 Å². The highest BCUT2D eigenvalue weighted by Crippen LogP contribution is 2.19. The van der Waals surface area contributed by atoms with Crippen molar-refractivity contribution in [2.75, 3.05) is 38.7 Å². The maximum atomic E-state index is 14.4. The van der Waals surface area contributed by atoms with Gasteiger partial charge in [-0.2, -0.15) is 11.8 Å². The number of likely N-dealkylation sites (N-methyl/N-ethyl adjacent to an activating group) is 1. The number of nitrogens with two attached hydrogens (primary N) is 7. The van der Waals surface area contributed by atoms with Gasteiger partial charge in [0.1, 0.15) is 42.3 Å². The number of guanidine groups is 2. The van der Waals surface area contributed by atoms with E-state index in [9.17, 15) is 47.9 Å². The molecule has 0 saturated heterocycles. The third-order valence-electron chi connectivity index (χ3n) is 12.8. The summed E-state index contributed by atoms with van der Waals surface area (Å²) in [7, 11) is 1.42. The molecule has 0 saturated carbocycles. The van der Waals surface area contributed by atoms with Crippen molar-refractivity contribution in [1.29, 1.82) is 0 Å². The Bertz CT molecular complexity index is 2660. The Labute approximate surface area is 480 Å². The smallest absolute Gasteiger partial charge is 0.243 e. The number of rotatable bonds is 39. The first-order chi connectivity index (χ1) is 39.1. The van der Waals surface area contributed by atoms with Crippen LogP contribution in [0.5, 0.6) is 0 Å². The molecule has 7 atom stereocenters. The fraction of sp³-hybridized carbons (Fsp3) is 0.509. The van der Waals surface area contributed by atoms with Gasteiger partial charge in [0.2, 0.25) is 59.1 Å². The second kappa shape index (κ2) is 36.7. The Hall–Kier alpha value is -8.47. The minimum Gasteiger partial charge on any atom is -0.370 e.